The molecular weight excluding hydrogens is 224 g/mol. The van der Waals surface area contributed by atoms with Crippen molar-refractivity contribution in [1.29, 1.82) is 0 Å². The molecule has 2 N–H and O–H groups in total. The number of ether oxygens (including phenoxy) is 1. The number of rotatable bonds is 4. The van der Waals surface area contributed by atoms with Crippen molar-refractivity contribution < 1.29 is 4.74 Å². The zero-order chi connectivity index (χ0) is 13.0. The first-order chi connectivity index (χ1) is 8.70. The molecule has 0 fully saturated rings. The highest BCUT2D eigenvalue weighted by Crippen LogP contribution is 2.26. The van der Waals surface area contributed by atoms with Gasteiger partial charge < -0.3 is 10.5 Å². The summed E-state index contributed by atoms with van der Waals surface area (Å²) < 4.78 is 5.85. The second-order valence-corrected chi connectivity index (χ2v) is 4.48. The summed E-state index contributed by atoms with van der Waals surface area (Å²) in [5.41, 5.74) is 7.67. The molecule has 3 heteroatoms. The lowest BCUT2D eigenvalue weighted by Gasteiger charge is -2.11. The van der Waals surface area contributed by atoms with Crippen molar-refractivity contribution in [1.82, 2.24) is 4.98 Å². The lowest BCUT2D eigenvalue weighted by atomic mass is 10.0. The summed E-state index contributed by atoms with van der Waals surface area (Å²) in [6, 6.07) is 11.8. The van der Waals surface area contributed by atoms with Crippen molar-refractivity contribution in [2.24, 2.45) is 5.73 Å². The number of hydrogen-bond donors (Lipinski definition) is 1. The van der Waals surface area contributed by atoms with Crippen molar-refractivity contribution in [2.45, 2.75) is 26.3 Å². The molecule has 0 aliphatic rings. The molecule has 1 aromatic heterocycles. The minimum absolute atomic E-state index is 0.375. The molecule has 1 aromatic carbocycles. The predicted octanol–water partition coefficient (Wildman–Crippen LogP) is 3.46. The van der Waals surface area contributed by atoms with E-state index < -0.39 is 0 Å². The van der Waals surface area contributed by atoms with Gasteiger partial charge in [-0.1, -0.05) is 26.0 Å². The van der Waals surface area contributed by atoms with Gasteiger partial charge in [0.25, 0.3) is 0 Å². The summed E-state index contributed by atoms with van der Waals surface area (Å²) in [5.74, 6) is 2.03. The molecule has 0 bridgehead atoms. The van der Waals surface area contributed by atoms with Crippen LogP contribution < -0.4 is 10.5 Å². The quantitative estimate of drug-likeness (QED) is 0.893. The highest BCUT2D eigenvalue weighted by atomic mass is 16.5. The van der Waals surface area contributed by atoms with Crippen molar-refractivity contribution in [3.05, 3.63) is 53.9 Å². The standard InChI is InChI=1S/C15H18N2O/c1-11(2)12-5-3-6-13(9-12)18-15-7-4-8-17-14(15)10-16/h3-9,11H,10,16H2,1-2H3. The Balaban J connectivity index is 2.25. The van der Waals surface area contributed by atoms with Crippen LogP contribution in [0, 0.1) is 0 Å². The highest BCUT2D eigenvalue weighted by Gasteiger charge is 2.05. The molecule has 2 aromatic rings. The van der Waals surface area contributed by atoms with Crippen LogP contribution in [0.15, 0.2) is 42.6 Å². The van der Waals surface area contributed by atoms with E-state index in [0.29, 0.717) is 12.5 Å². The van der Waals surface area contributed by atoms with Crippen molar-refractivity contribution in [3.63, 3.8) is 0 Å². The van der Waals surface area contributed by atoms with Gasteiger partial charge >= 0.3 is 0 Å². The molecule has 2 rings (SSSR count). The SMILES string of the molecule is CC(C)c1cccc(Oc2cccnc2CN)c1. The summed E-state index contributed by atoms with van der Waals surface area (Å²) in [5, 5.41) is 0. The van der Waals surface area contributed by atoms with Crippen LogP contribution in [0.2, 0.25) is 0 Å². The van der Waals surface area contributed by atoms with E-state index in [-0.39, 0.29) is 0 Å². The van der Waals surface area contributed by atoms with Crippen LogP contribution in [0.5, 0.6) is 11.5 Å². The van der Waals surface area contributed by atoms with E-state index in [0.717, 1.165) is 17.2 Å². The molecule has 0 spiro atoms. The monoisotopic (exact) mass is 242 g/mol. The van der Waals surface area contributed by atoms with Crippen LogP contribution >= 0.6 is 0 Å². The van der Waals surface area contributed by atoms with Crippen molar-refractivity contribution in [3.8, 4) is 11.5 Å². The largest absolute Gasteiger partial charge is 0.455 e. The number of hydrogen-bond acceptors (Lipinski definition) is 3. The smallest absolute Gasteiger partial charge is 0.150 e. The fourth-order valence-corrected chi connectivity index (χ4v) is 1.73. The lowest BCUT2D eigenvalue weighted by Crippen LogP contribution is -2.02. The number of benzene rings is 1. The minimum atomic E-state index is 0.375. The summed E-state index contributed by atoms with van der Waals surface area (Å²) in [7, 11) is 0. The van der Waals surface area contributed by atoms with E-state index in [2.05, 4.69) is 31.0 Å². The number of nitrogens with zero attached hydrogens (tertiary/aromatic N) is 1. The second kappa shape index (κ2) is 5.65. The third-order valence-electron chi connectivity index (χ3n) is 2.79. The maximum Gasteiger partial charge on any atom is 0.150 e. The molecule has 0 aliphatic heterocycles. The number of pyridine rings is 1. The van der Waals surface area contributed by atoms with Crippen LogP contribution in [0.3, 0.4) is 0 Å². The minimum Gasteiger partial charge on any atom is -0.455 e. The maximum atomic E-state index is 5.85. The average molecular weight is 242 g/mol. The van der Waals surface area contributed by atoms with E-state index >= 15 is 0 Å². The van der Waals surface area contributed by atoms with Gasteiger partial charge in [0.15, 0.2) is 0 Å². The first-order valence-corrected chi connectivity index (χ1v) is 6.12. The Labute approximate surface area is 108 Å². The van der Waals surface area contributed by atoms with Crippen LogP contribution in [-0.4, -0.2) is 4.98 Å². The van der Waals surface area contributed by atoms with Gasteiger partial charge in [0.05, 0.1) is 5.69 Å². The van der Waals surface area contributed by atoms with E-state index in [4.69, 9.17) is 10.5 Å². The Morgan fingerprint density at radius 1 is 1.22 bits per heavy atom. The molecule has 0 saturated heterocycles. The highest BCUT2D eigenvalue weighted by molar-refractivity contribution is 5.36. The van der Waals surface area contributed by atoms with Crippen molar-refractivity contribution >= 4 is 0 Å². The molecule has 0 aliphatic carbocycles. The molecule has 3 nitrogen and oxygen atoms in total. The Bertz CT molecular complexity index is 523. The van der Waals surface area contributed by atoms with Gasteiger partial charge in [-0.25, -0.2) is 0 Å². The predicted molar refractivity (Wildman–Crippen MR) is 72.7 cm³/mol. The Morgan fingerprint density at radius 2 is 2.06 bits per heavy atom. The fourth-order valence-electron chi connectivity index (χ4n) is 1.73. The maximum absolute atomic E-state index is 5.85. The second-order valence-electron chi connectivity index (χ2n) is 4.48. The van der Waals surface area contributed by atoms with Gasteiger partial charge in [-0.2, -0.15) is 0 Å². The zero-order valence-corrected chi connectivity index (χ0v) is 10.8. The summed E-state index contributed by atoms with van der Waals surface area (Å²) >= 11 is 0. The molecular formula is C15H18N2O. The Hall–Kier alpha value is -1.87. The topological polar surface area (TPSA) is 48.1 Å². The molecule has 18 heavy (non-hydrogen) atoms. The van der Waals surface area contributed by atoms with Gasteiger partial charge in [-0.05, 0) is 35.7 Å². The summed E-state index contributed by atoms with van der Waals surface area (Å²) in [4.78, 5) is 4.20. The van der Waals surface area contributed by atoms with Crippen molar-refractivity contribution in [2.75, 3.05) is 0 Å². The Kier molecular flexibility index (Phi) is 3.95. The van der Waals surface area contributed by atoms with Crippen LogP contribution in [-0.2, 0) is 6.54 Å². The van der Waals surface area contributed by atoms with Crippen LogP contribution in [0.25, 0.3) is 0 Å². The number of nitrogens with two attached hydrogens (primary N) is 1. The van der Waals surface area contributed by atoms with E-state index in [1.807, 2.05) is 24.3 Å². The third-order valence-corrected chi connectivity index (χ3v) is 2.79. The number of aromatic nitrogens is 1. The molecule has 1 heterocycles. The van der Waals surface area contributed by atoms with E-state index in [1.54, 1.807) is 6.20 Å². The van der Waals surface area contributed by atoms with Gasteiger partial charge in [0.2, 0.25) is 0 Å². The molecule has 0 atom stereocenters. The first-order valence-electron chi connectivity index (χ1n) is 6.12. The molecule has 94 valence electrons. The van der Waals surface area contributed by atoms with Gasteiger partial charge in [0, 0.05) is 12.7 Å². The molecule has 0 saturated carbocycles. The van der Waals surface area contributed by atoms with Gasteiger partial charge in [-0.3, -0.25) is 4.98 Å². The van der Waals surface area contributed by atoms with Gasteiger partial charge in [-0.15, -0.1) is 0 Å². The normalized spacial score (nSPS) is 10.7. The molecule has 0 unspecified atom stereocenters. The Morgan fingerprint density at radius 3 is 2.78 bits per heavy atom. The summed E-state index contributed by atoms with van der Waals surface area (Å²) in [6.45, 7) is 4.70. The van der Waals surface area contributed by atoms with Crippen LogP contribution in [0.1, 0.15) is 31.0 Å². The van der Waals surface area contributed by atoms with E-state index in [1.165, 1.54) is 5.56 Å². The average Bonchev–Trinajstić information content (AvgIpc) is 2.39. The summed E-state index contributed by atoms with van der Waals surface area (Å²) in [6.07, 6.45) is 1.72. The molecule has 0 radical (unpaired) electrons. The first kappa shape index (κ1) is 12.6. The zero-order valence-electron chi connectivity index (χ0n) is 10.8. The lowest BCUT2D eigenvalue weighted by molar-refractivity contribution is 0.471. The van der Waals surface area contributed by atoms with Gasteiger partial charge in [0.1, 0.15) is 11.5 Å². The molecule has 0 amide bonds. The van der Waals surface area contributed by atoms with Crippen LogP contribution in [0.4, 0.5) is 0 Å². The fraction of sp³-hybridized carbons (Fsp3) is 0.267. The third kappa shape index (κ3) is 2.87. The van der Waals surface area contributed by atoms with E-state index in [9.17, 15) is 0 Å².